The van der Waals surface area contributed by atoms with Crippen LogP contribution in [0.1, 0.15) is 37.7 Å². The van der Waals surface area contributed by atoms with Gasteiger partial charge in [0.2, 0.25) is 5.91 Å². The number of nitrogens with one attached hydrogen (secondary N) is 1. The fraction of sp³-hybridized carbons (Fsp3) is 0.611. The summed E-state index contributed by atoms with van der Waals surface area (Å²) in [5, 5.41) is 2.99. The van der Waals surface area contributed by atoms with Crippen LogP contribution in [0.4, 0.5) is 4.39 Å². The highest BCUT2D eigenvalue weighted by Gasteiger charge is 2.41. The molecule has 5 heteroatoms. The van der Waals surface area contributed by atoms with Crippen LogP contribution in [-0.4, -0.2) is 42.6 Å². The summed E-state index contributed by atoms with van der Waals surface area (Å²) in [6.07, 6.45) is 5.13. The van der Waals surface area contributed by atoms with Gasteiger partial charge in [-0.25, -0.2) is 4.39 Å². The second kappa shape index (κ2) is 7.41. The normalized spacial score (nSPS) is 21.3. The lowest BCUT2D eigenvalue weighted by Crippen LogP contribution is -2.53. The Hall–Kier alpha value is -1.46. The van der Waals surface area contributed by atoms with E-state index in [4.69, 9.17) is 4.74 Å². The monoisotopic (exact) mass is 320 g/mol. The summed E-state index contributed by atoms with van der Waals surface area (Å²) in [6.45, 7) is 3.83. The number of morpholine rings is 1. The summed E-state index contributed by atoms with van der Waals surface area (Å²) in [5.41, 5.74) is 0.933. The van der Waals surface area contributed by atoms with Crippen LogP contribution in [0.25, 0.3) is 0 Å². The van der Waals surface area contributed by atoms with Gasteiger partial charge in [-0.2, -0.15) is 0 Å². The van der Waals surface area contributed by atoms with Crippen molar-refractivity contribution < 1.29 is 13.9 Å². The van der Waals surface area contributed by atoms with Crippen LogP contribution in [0.15, 0.2) is 24.3 Å². The Labute approximate surface area is 137 Å². The van der Waals surface area contributed by atoms with Crippen molar-refractivity contribution in [3.63, 3.8) is 0 Å². The predicted molar refractivity (Wildman–Crippen MR) is 86.5 cm³/mol. The number of rotatable bonds is 5. The third-order valence-electron chi connectivity index (χ3n) is 5.11. The van der Waals surface area contributed by atoms with Gasteiger partial charge >= 0.3 is 0 Å². The first-order chi connectivity index (χ1) is 11.2. The molecule has 3 rings (SSSR count). The molecule has 1 amide bonds. The minimum absolute atomic E-state index is 0.0106. The van der Waals surface area contributed by atoms with Crippen molar-refractivity contribution >= 4 is 5.91 Å². The molecule has 1 aliphatic heterocycles. The van der Waals surface area contributed by atoms with Crippen LogP contribution < -0.4 is 5.32 Å². The molecule has 0 aromatic heterocycles. The van der Waals surface area contributed by atoms with Crippen molar-refractivity contribution in [2.24, 2.45) is 0 Å². The molecule has 0 atom stereocenters. The van der Waals surface area contributed by atoms with Gasteiger partial charge in [0.1, 0.15) is 5.82 Å². The molecule has 0 unspecified atom stereocenters. The molecule has 0 radical (unpaired) electrons. The Kier molecular flexibility index (Phi) is 5.28. The second-order valence-electron chi connectivity index (χ2n) is 6.61. The summed E-state index contributed by atoms with van der Waals surface area (Å²) in [6, 6.07) is 6.27. The lowest BCUT2D eigenvalue weighted by Gasteiger charge is -2.43. The molecule has 1 heterocycles. The number of nitrogens with zero attached hydrogens (tertiary/aromatic N) is 1. The molecule has 4 nitrogen and oxygen atoms in total. The third kappa shape index (κ3) is 4.09. The van der Waals surface area contributed by atoms with E-state index in [1.54, 1.807) is 12.1 Å². The standard InChI is InChI=1S/C18H25FN2O2/c19-16-5-3-15(4-6-16)14-20-17(22)13-18(7-1-2-8-18)21-9-11-23-12-10-21/h3-6H,1-2,7-14H2,(H,20,22). The lowest BCUT2D eigenvalue weighted by atomic mass is 9.90. The fourth-order valence-electron chi connectivity index (χ4n) is 3.84. The molecule has 1 aromatic rings. The zero-order valence-corrected chi connectivity index (χ0v) is 13.5. The molecule has 1 N–H and O–H groups in total. The Morgan fingerprint density at radius 3 is 2.48 bits per heavy atom. The second-order valence-corrected chi connectivity index (χ2v) is 6.61. The maximum atomic E-state index is 12.9. The van der Waals surface area contributed by atoms with Gasteiger partial charge in [0, 0.05) is 31.6 Å². The number of amides is 1. The topological polar surface area (TPSA) is 41.6 Å². The van der Waals surface area contributed by atoms with Crippen LogP contribution in [0.3, 0.4) is 0 Å². The number of carbonyl (C=O) groups is 1. The largest absolute Gasteiger partial charge is 0.379 e. The molecule has 126 valence electrons. The van der Waals surface area contributed by atoms with E-state index in [1.807, 2.05) is 0 Å². The van der Waals surface area contributed by atoms with Crippen LogP contribution in [-0.2, 0) is 16.1 Å². The quantitative estimate of drug-likeness (QED) is 0.906. The number of halogens is 1. The summed E-state index contributed by atoms with van der Waals surface area (Å²) in [4.78, 5) is 14.9. The molecule has 1 saturated heterocycles. The predicted octanol–water partition coefficient (Wildman–Crippen LogP) is 2.48. The summed E-state index contributed by atoms with van der Waals surface area (Å²) >= 11 is 0. The maximum absolute atomic E-state index is 12.9. The Morgan fingerprint density at radius 1 is 1.17 bits per heavy atom. The fourth-order valence-corrected chi connectivity index (χ4v) is 3.84. The van der Waals surface area contributed by atoms with E-state index in [0.717, 1.165) is 44.7 Å². The first kappa shape index (κ1) is 16.4. The third-order valence-corrected chi connectivity index (χ3v) is 5.11. The van der Waals surface area contributed by atoms with Crippen molar-refractivity contribution in [2.75, 3.05) is 26.3 Å². The molecule has 23 heavy (non-hydrogen) atoms. The van der Waals surface area contributed by atoms with Crippen molar-refractivity contribution in [3.05, 3.63) is 35.6 Å². The summed E-state index contributed by atoms with van der Waals surface area (Å²) in [5.74, 6) is -0.167. The summed E-state index contributed by atoms with van der Waals surface area (Å²) in [7, 11) is 0. The van der Waals surface area contributed by atoms with Crippen LogP contribution in [0, 0.1) is 5.82 Å². The SMILES string of the molecule is O=C(CC1(N2CCOCC2)CCCC1)NCc1ccc(F)cc1. The number of hydrogen-bond acceptors (Lipinski definition) is 3. The van der Waals surface area contributed by atoms with Gasteiger partial charge in [-0.1, -0.05) is 25.0 Å². The molecule has 1 saturated carbocycles. The van der Waals surface area contributed by atoms with Gasteiger partial charge in [0.15, 0.2) is 0 Å². The van der Waals surface area contributed by atoms with Crippen molar-refractivity contribution in [1.82, 2.24) is 10.2 Å². The van der Waals surface area contributed by atoms with Crippen molar-refractivity contribution in [1.29, 1.82) is 0 Å². The molecule has 0 bridgehead atoms. The zero-order valence-electron chi connectivity index (χ0n) is 13.5. The average molecular weight is 320 g/mol. The summed E-state index contributed by atoms with van der Waals surface area (Å²) < 4.78 is 18.4. The first-order valence-corrected chi connectivity index (χ1v) is 8.52. The van der Waals surface area contributed by atoms with E-state index in [2.05, 4.69) is 10.2 Å². The highest BCUT2D eigenvalue weighted by Crippen LogP contribution is 2.38. The molecule has 0 spiro atoms. The minimum Gasteiger partial charge on any atom is -0.379 e. The van der Waals surface area contributed by atoms with E-state index in [-0.39, 0.29) is 17.3 Å². The Bertz CT molecular complexity index is 520. The van der Waals surface area contributed by atoms with Gasteiger partial charge in [0.25, 0.3) is 0 Å². The smallest absolute Gasteiger partial charge is 0.222 e. The molecule has 1 aromatic carbocycles. The van der Waals surface area contributed by atoms with Gasteiger partial charge in [-0.15, -0.1) is 0 Å². The van der Waals surface area contributed by atoms with Crippen LogP contribution in [0.2, 0.25) is 0 Å². The lowest BCUT2D eigenvalue weighted by molar-refractivity contribution is -0.125. The highest BCUT2D eigenvalue weighted by molar-refractivity contribution is 5.77. The van der Waals surface area contributed by atoms with E-state index in [1.165, 1.54) is 25.0 Å². The maximum Gasteiger partial charge on any atom is 0.222 e. The van der Waals surface area contributed by atoms with Gasteiger partial charge in [-0.05, 0) is 30.5 Å². The Morgan fingerprint density at radius 2 is 1.83 bits per heavy atom. The zero-order chi connectivity index (χ0) is 16.1. The van der Waals surface area contributed by atoms with Gasteiger partial charge in [0.05, 0.1) is 13.2 Å². The average Bonchev–Trinajstić information content (AvgIpc) is 3.05. The highest BCUT2D eigenvalue weighted by atomic mass is 19.1. The minimum atomic E-state index is -0.252. The van der Waals surface area contributed by atoms with E-state index in [9.17, 15) is 9.18 Å². The van der Waals surface area contributed by atoms with Gasteiger partial charge in [-0.3, -0.25) is 9.69 Å². The molecule has 2 aliphatic rings. The van der Waals surface area contributed by atoms with E-state index < -0.39 is 0 Å². The Balaban J connectivity index is 1.56. The van der Waals surface area contributed by atoms with Gasteiger partial charge < -0.3 is 10.1 Å². The van der Waals surface area contributed by atoms with E-state index >= 15 is 0 Å². The first-order valence-electron chi connectivity index (χ1n) is 8.52. The van der Waals surface area contributed by atoms with Crippen molar-refractivity contribution in [2.45, 2.75) is 44.2 Å². The molecule has 2 fully saturated rings. The van der Waals surface area contributed by atoms with Crippen LogP contribution >= 0.6 is 0 Å². The molecule has 1 aliphatic carbocycles. The number of ether oxygens (including phenoxy) is 1. The number of benzene rings is 1. The number of hydrogen-bond donors (Lipinski definition) is 1. The van der Waals surface area contributed by atoms with E-state index in [0.29, 0.717) is 13.0 Å². The molecular formula is C18H25FN2O2. The molecular weight excluding hydrogens is 295 g/mol. The van der Waals surface area contributed by atoms with Crippen LogP contribution in [0.5, 0.6) is 0 Å². The number of carbonyl (C=O) groups excluding carboxylic acids is 1. The van der Waals surface area contributed by atoms with Crippen molar-refractivity contribution in [3.8, 4) is 0 Å².